The molecule has 0 bridgehead atoms. The van der Waals surface area contributed by atoms with E-state index in [4.69, 9.17) is 0 Å². The Morgan fingerprint density at radius 1 is 1.17 bits per heavy atom. The maximum Gasteiger partial charge on any atom is 2.00 e. The van der Waals surface area contributed by atoms with Gasteiger partial charge in [0.1, 0.15) is 0 Å². The van der Waals surface area contributed by atoms with Crippen molar-refractivity contribution < 1.29 is 44.3 Å². The zero-order chi connectivity index (χ0) is 15.9. The van der Waals surface area contributed by atoms with Crippen molar-refractivity contribution in [2.24, 2.45) is 5.41 Å². The van der Waals surface area contributed by atoms with E-state index < -0.39 is 0 Å². The van der Waals surface area contributed by atoms with Crippen LogP contribution in [-0.4, -0.2) is 12.2 Å². The smallest absolute Gasteiger partial charge is 0.385 e. The molecule has 5 heteroatoms. The average molecular weight is 383 g/mol. The molecule has 0 aliphatic heterocycles. The molecule has 0 heterocycles. The van der Waals surface area contributed by atoms with Crippen LogP contribution in [0.5, 0.6) is 0 Å². The summed E-state index contributed by atoms with van der Waals surface area (Å²) < 4.78 is 0. The number of hydrogen-bond acceptors (Lipinski definition) is 3. The largest absolute Gasteiger partial charge is 2.00 e. The van der Waals surface area contributed by atoms with Crippen LogP contribution in [0.3, 0.4) is 0 Å². The van der Waals surface area contributed by atoms with E-state index in [1.54, 1.807) is 0 Å². The molecule has 0 spiro atoms. The van der Waals surface area contributed by atoms with Gasteiger partial charge in [0.05, 0.1) is 5.43 Å². The number of allylic oxidation sites excluding steroid dienone is 5. The summed E-state index contributed by atoms with van der Waals surface area (Å²) in [7, 11) is 0. The number of carbonyl (C=O) groups excluding carboxylic acids is 2. The molecule has 0 unspecified atom stereocenters. The summed E-state index contributed by atoms with van der Waals surface area (Å²) in [5, 5.41) is 0.625. The first-order valence-electron chi connectivity index (χ1n) is 6.61. The maximum atomic E-state index is 10.7. The minimum Gasteiger partial charge on any atom is -0.385 e. The monoisotopic (exact) mass is 383 g/mol. The summed E-state index contributed by atoms with van der Waals surface area (Å²) in [4.78, 5) is 30.9. The van der Waals surface area contributed by atoms with Gasteiger partial charge in [0, 0.05) is 23.6 Å². The molecule has 0 fully saturated rings. The molecule has 3 nitrogen and oxygen atoms in total. The summed E-state index contributed by atoms with van der Waals surface area (Å²) in [6.45, 7) is 10.9. The summed E-state index contributed by atoms with van der Waals surface area (Å²) in [6, 6.07) is 0. The third-order valence-electron chi connectivity index (χ3n) is 4.16. The van der Waals surface area contributed by atoms with Crippen LogP contribution in [0.4, 0.5) is 0 Å². The van der Waals surface area contributed by atoms with E-state index in [9.17, 15) is 14.4 Å². The number of fused-ring (bicyclic) bond motifs is 1. The fourth-order valence-electron chi connectivity index (χ4n) is 2.43. The first kappa shape index (κ1) is 21.8. The molecule has 3 rings (SSSR count). The summed E-state index contributed by atoms with van der Waals surface area (Å²) >= 11 is 0. The van der Waals surface area contributed by atoms with Crippen LogP contribution in [0, 0.1) is 11.5 Å². The second kappa shape index (κ2) is 7.59. The van der Waals surface area contributed by atoms with Crippen molar-refractivity contribution in [2.75, 3.05) is 0 Å². The third-order valence-corrected chi connectivity index (χ3v) is 4.16. The van der Waals surface area contributed by atoms with E-state index in [1.165, 1.54) is 28.9 Å². The van der Waals surface area contributed by atoms with Gasteiger partial charge < -0.3 is 14.4 Å². The molecule has 0 amide bonds. The van der Waals surface area contributed by atoms with E-state index in [-0.39, 0.29) is 56.7 Å². The first-order chi connectivity index (χ1) is 9.74. The second-order valence-electron chi connectivity index (χ2n) is 5.78. The molecule has 23 heavy (non-hydrogen) atoms. The van der Waals surface area contributed by atoms with Crippen LogP contribution >= 0.6 is 0 Å². The van der Waals surface area contributed by atoms with Gasteiger partial charge in [0.2, 0.25) is 0 Å². The molecule has 0 N–H and O–H groups in total. The van der Waals surface area contributed by atoms with E-state index in [0.717, 1.165) is 0 Å². The Labute approximate surface area is 157 Å². The van der Waals surface area contributed by atoms with Gasteiger partial charge in [-0.2, -0.15) is 28.0 Å². The first-order valence-corrected chi connectivity index (χ1v) is 6.61. The van der Waals surface area contributed by atoms with Crippen molar-refractivity contribution in [3.05, 3.63) is 49.0 Å². The van der Waals surface area contributed by atoms with Gasteiger partial charge in [-0.05, 0) is 5.94 Å². The minimum atomic E-state index is -0.206. The Morgan fingerprint density at radius 2 is 1.74 bits per heavy atom. The van der Waals surface area contributed by atoms with Gasteiger partial charge >= 0.3 is 17.4 Å². The van der Waals surface area contributed by atoms with Crippen molar-refractivity contribution >= 4 is 23.9 Å². The number of hydrogen-bond donors (Lipinski definition) is 0. The number of rotatable bonds is 1. The van der Waals surface area contributed by atoms with E-state index >= 15 is 0 Å². The van der Waals surface area contributed by atoms with Gasteiger partial charge in [-0.1, -0.05) is 33.1 Å². The van der Waals surface area contributed by atoms with Crippen molar-refractivity contribution in [3.63, 3.8) is 0 Å². The molecule has 1 aromatic rings. The maximum absolute atomic E-state index is 10.7. The molecular weight excluding hydrogens is 368 g/mol. The standard InChI is InChI=1S/C10H15.C8O3.2Cr/c1-7-6-10(4,5)9(3)8(7)2;9-2-4-1-5-7(8(5)11)6(4)3-10;;/h1-5H3;;;/q-1;-2;;+2. The molecule has 0 saturated carbocycles. The SMILES string of the molecule is CC1=[C-]C(C)(C)C(C)=C1C.O=C=C1[C-]=c2c(=O)c2=C1[C-]=O.[Cr+2].[Cr]. The quantitative estimate of drug-likeness (QED) is 0.531. The second-order valence-corrected chi connectivity index (χ2v) is 5.78. The van der Waals surface area contributed by atoms with Crippen molar-refractivity contribution in [1.29, 1.82) is 0 Å². The molecule has 1 aromatic carbocycles. The average Bonchev–Trinajstić information content (AvgIpc) is 2.84. The van der Waals surface area contributed by atoms with Gasteiger partial charge in [0.15, 0.2) is 0 Å². The van der Waals surface area contributed by atoms with Gasteiger partial charge in [-0.15, -0.1) is 17.7 Å². The Balaban J connectivity index is 0.000000389. The van der Waals surface area contributed by atoms with Crippen molar-refractivity contribution in [2.45, 2.75) is 34.6 Å². The van der Waals surface area contributed by atoms with Crippen molar-refractivity contribution in [1.82, 2.24) is 0 Å². The van der Waals surface area contributed by atoms with Crippen LogP contribution in [0.2, 0.25) is 0 Å². The predicted molar refractivity (Wildman–Crippen MR) is 80.6 cm³/mol. The molecule has 2 aliphatic carbocycles. The van der Waals surface area contributed by atoms with E-state index in [2.05, 4.69) is 46.8 Å². The zero-order valence-corrected chi connectivity index (χ0v) is 16.1. The Bertz CT molecular complexity index is 882. The summed E-state index contributed by atoms with van der Waals surface area (Å²) in [5.41, 5.74) is 4.22. The Kier molecular flexibility index (Phi) is 7.20. The van der Waals surface area contributed by atoms with E-state index in [1.807, 2.05) is 0 Å². The molecule has 0 radical (unpaired) electrons. The van der Waals surface area contributed by atoms with Crippen LogP contribution in [-0.2, 0) is 44.3 Å². The van der Waals surface area contributed by atoms with Gasteiger partial charge in [0.25, 0.3) is 0 Å². The fraction of sp³-hybridized carbons (Fsp3) is 0.333. The fourth-order valence-corrected chi connectivity index (χ4v) is 2.43. The van der Waals surface area contributed by atoms with Gasteiger partial charge in [-0.3, -0.25) is 6.08 Å². The predicted octanol–water partition coefficient (Wildman–Crippen LogP) is 0.719. The molecule has 0 aromatic heterocycles. The van der Waals surface area contributed by atoms with Crippen LogP contribution in [0.25, 0.3) is 11.6 Å². The zero-order valence-electron chi connectivity index (χ0n) is 13.5. The van der Waals surface area contributed by atoms with Gasteiger partial charge in [-0.25, -0.2) is 5.57 Å². The molecule has 118 valence electrons. The topological polar surface area (TPSA) is 51.2 Å². The summed E-state index contributed by atoms with van der Waals surface area (Å²) in [5.74, 6) is 1.51. The Morgan fingerprint density at radius 3 is 2.04 bits per heavy atom. The molecular formula is C18H15Cr2O3-. The molecule has 2 aliphatic rings. The third kappa shape index (κ3) is 3.84. The Hall–Kier alpha value is -1.19. The van der Waals surface area contributed by atoms with E-state index in [0.29, 0.717) is 10.4 Å². The normalized spacial score (nSPS) is 17.2. The summed E-state index contributed by atoms with van der Waals surface area (Å²) in [6.07, 6.45) is 7.40. The molecule has 0 saturated heterocycles. The molecule has 0 atom stereocenters. The van der Waals surface area contributed by atoms with Crippen molar-refractivity contribution in [3.8, 4) is 0 Å². The van der Waals surface area contributed by atoms with Crippen LogP contribution < -0.4 is 15.9 Å². The minimum absolute atomic E-state index is 0. The van der Waals surface area contributed by atoms with Crippen LogP contribution in [0.1, 0.15) is 34.6 Å². The van der Waals surface area contributed by atoms with Crippen LogP contribution in [0.15, 0.2) is 27.1 Å².